The van der Waals surface area contributed by atoms with Gasteiger partial charge < -0.3 is 5.32 Å². The van der Waals surface area contributed by atoms with Crippen molar-refractivity contribution < 1.29 is 4.79 Å². The first kappa shape index (κ1) is 5.63. The zero-order valence-electron chi connectivity index (χ0n) is 4.28. The Morgan fingerprint density at radius 2 is 2.38 bits per heavy atom. The zero-order valence-corrected chi connectivity index (χ0v) is 5.03. The molecule has 0 bridgehead atoms. The lowest BCUT2D eigenvalue weighted by molar-refractivity contribution is -0.118. The van der Waals surface area contributed by atoms with E-state index in [4.69, 9.17) is 11.6 Å². The van der Waals surface area contributed by atoms with E-state index in [1.165, 1.54) is 5.54 Å². The molecule has 0 aromatic heterocycles. The number of carbonyl (C=O) groups excluding carboxylic acids is 1. The SMILES string of the molecule is O=C1CC/C(=C/Cl)N1. The Morgan fingerprint density at radius 3 is 2.62 bits per heavy atom. The molecule has 2 nitrogen and oxygen atoms in total. The highest BCUT2D eigenvalue weighted by atomic mass is 35.5. The summed E-state index contributed by atoms with van der Waals surface area (Å²) < 4.78 is 0. The van der Waals surface area contributed by atoms with Crippen molar-refractivity contribution in [1.29, 1.82) is 0 Å². The van der Waals surface area contributed by atoms with Gasteiger partial charge in [0.15, 0.2) is 0 Å². The lowest BCUT2D eigenvalue weighted by atomic mass is 10.3. The highest BCUT2D eigenvalue weighted by Crippen LogP contribution is 2.09. The second kappa shape index (κ2) is 2.18. The molecule has 0 radical (unpaired) electrons. The van der Waals surface area contributed by atoms with Crippen LogP contribution in [-0.4, -0.2) is 5.91 Å². The molecule has 0 aromatic carbocycles. The number of rotatable bonds is 0. The van der Waals surface area contributed by atoms with E-state index < -0.39 is 0 Å². The van der Waals surface area contributed by atoms with Crippen LogP contribution in [0.5, 0.6) is 0 Å². The van der Waals surface area contributed by atoms with Crippen molar-refractivity contribution >= 4 is 17.5 Å². The zero-order chi connectivity index (χ0) is 5.98. The Morgan fingerprint density at radius 1 is 1.62 bits per heavy atom. The molecule has 1 aliphatic rings. The molecule has 1 fully saturated rings. The molecule has 0 spiro atoms. The number of nitrogens with one attached hydrogen (secondary N) is 1. The molecule has 0 aromatic rings. The minimum absolute atomic E-state index is 0.0666. The van der Waals surface area contributed by atoms with Gasteiger partial charge in [-0.1, -0.05) is 11.6 Å². The molecule has 1 aliphatic heterocycles. The minimum Gasteiger partial charge on any atom is -0.329 e. The predicted molar refractivity (Wildman–Crippen MR) is 31.3 cm³/mol. The first-order valence-corrected chi connectivity index (χ1v) is 2.85. The van der Waals surface area contributed by atoms with Gasteiger partial charge in [-0.15, -0.1) is 0 Å². The smallest absolute Gasteiger partial charge is 0.224 e. The van der Waals surface area contributed by atoms with E-state index in [0.29, 0.717) is 6.42 Å². The number of halogens is 1. The molecular weight excluding hydrogens is 126 g/mol. The van der Waals surface area contributed by atoms with E-state index in [9.17, 15) is 4.79 Å². The van der Waals surface area contributed by atoms with Gasteiger partial charge in [0.1, 0.15) is 0 Å². The summed E-state index contributed by atoms with van der Waals surface area (Å²) in [6.07, 6.45) is 1.35. The summed E-state index contributed by atoms with van der Waals surface area (Å²) in [5.74, 6) is 0.0666. The fourth-order valence-electron chi connectivity index (χ4n) is 0.634. The first-order valence-electron chi connectivity index (χ1n) is 2.42. The summed E-state index contributed by atoms with van der Waals surface area (Å²) in [5.41, 5.74) is 2.24. The summed E-state index contributed by atoms with van der Waals surface area (Å²) in [4.78, 5) is 10.4. The molecule has 44 valence electrons. The molecule has 1 rings (SSSR count). The molecule has 0 saturated carbocycles. The van der Waals surface area contributed by atoms with Crippen molar-refractivity contribution in [3.8, 4) is 0 Å². The van der Waals surface area contributed by atoms with E-state index in [1.807, 2.05) is 0 Å². The number of hydrogen-bond donors (Lipinski definition) is 1. The van der Waals surface area contributed by atoms with Crippen LogP contribution in [0.4, 0.5) is 0 Å². The average Bonchev–Trinajstić information content (AvgIpc) is 2.14. The Kier molecular flexibility index (Phi) is 1.53. The third-order valence-corrected chi connectivity index (χ3v) is 1.32. The van der Waals surface area contributed by atoms with Gasteiger partial charge in [0, 0.05) is 17.7 Å². The second-order valence-corrected chi connectivity index (χ2v) is 1.90. The van der Waals surface area contributed by atoms with Crippen LogP contribution >= 0.6 is 11.6 Å². The van der Waals surface area contributed by atoms with Crippen LogP contribution in [-0.2, 0) is 4.79 Å². The van der Waals surface area contributed by atoms with Crippen molar-refractivity contribution in [3.05, 3.63) is 11.2 Å². The van der Waals surface area contributed by atoms with E-state index in [1.54, 1.807) is 0 Å². The van der Waals surface area contributed by atoms with Gasteiger partial charge in [-0.25, -0.2) is 0 Å². The topological polar surface area (TPSA) is 29.1 Å². The van der Waals surface area contributed by atoms with Crippen LogP contribution < -0.4 is 5.32 Å². The highest BCUT2D eigenvalue weighted by molar-refractivity contribution is 6.25. The summed E-state index contributed by atoms with van der Waals surface area (Å²) in [7, 11) is 0. The molecule has 1 amide bonds. The molecule has 1 saturated heterocycles. The molecule has 0 atom stereocenters. The maximum absolute atomic E-state index is 10.4. The maximum atomic E-state index is 10.4. The van der Waals surface area contributed by atoms with Gasteiger partial charge in [-0.05, 0) is 6.42 Å². The van der Waals surface area contributed by atoms with Gasteiger partial charge >= 0.3 is 0 Å². The van der Waals surface area contributed by atoms with Gasteiger partial charge in [-0.2, -0.15) is 0 Å². The molecule has 1 heterocycles. The quantitative estimate of drug-likeness (QED) is 0.522. The Balaban J connectivity index is 2.56. The monoisotopic (exact) mass is 131 g/mol. The van der Waals surface area contributed by atoms with Gasteiger partial charge in [0.05, 0.1) is 0 Å². The van der Waals surface area contributed by atoms with E-state index in [-0.39, 0.29) is 5.91 Å². The largest absolute Gasteiger partial charge is 0.329 e. The third kappa shape index (κ3) is 1.01. The Bertz CT molecular complexity index is 141. The van der Waals surface area contributed by atoms with Crippen molar-refractivity contribution in [2.24, 2.45) is 0 Å². The molecule has 0 aliphatic carbocycles. The highest BCUT2D eigenvalue weighted by Gasteiger charge is 2.12. The summed E-state index contributed by atoms with van der Waals surface area (Å²) in [5, 5.41) is 2.59. The Labute approximate surface area is 52.5 Å². The van der Waals surface area contributed by atoms with Crippen molar-refractivity contribution in [3.63, 3.8) is 0 Å². The lowest BCUT2D eigenvalue weighted by Gasteiger charge is -1.88. The minimum atomic E-state index is 0.0666. The van der Waals surface area contributed by atoms with Crippen LogP contribution in [0.15, 0.2) is 11.2 Å². The number of carbonyl (C=O) groups is 1. The van der Waals surface area contributed by atoms with Crippen LogP contribution in [0.3, 0.4) is 0 Å². The summed E-state index contributed by atoms with van der Waals surface area (Å²) in [6.45, 7) is 0. The van der Waals surface area contributed by atoms with Crippen LogP contribution in [0.2, 0.25) is 0 Å². The summed E-state index contributed by atoms with van der Waals surface area (Å²) >= 11 is 5.30. The fraction of sp³-hybridized carbons (Fsp3) is 0.400. The first-order chi connectivity index (χ1) is 3.83. The number of hydrogen-bond acceptors (Lipinski definition) is 1. The molecule has 1 N–H and O–H groups in total. The Hall–Kier alpha value is -0.500. The third-order valence-electron chi connectivity index (χ3n) is 1.05. The van der Waals surface area contributed by atoms with E-state index >= 15 is 0 Å². The van der Waals surface area contributed by atoms with Gasteiger partial charge in [-0.3, -0.25) is 4.79 Å². The predicted octanol–water partition coefficient (Wildman–Crippen LogP) is 0.977. The lowest BCUT2D eigenvalue weighted by Crippen LogP contribution is -2.11. The maximum Gasteiger partial charge on any atom is 0.224 e. The average molecular weight is 132 g/mol. The molecule has 3 heteroatoms. The van der Waals surface area contributed by atoms with Crippen LogP contribution in [0.1, 0.15) is 12.8 Å². The van der Waals surface area contributed by atoms with Crippen molar-refractivity contribution in [1.82, 2.24) is 5.32 Å². The second-order valence-electron chi connectivity index (χ2n) is 1.68. The van der Waals surface area contributed by atoms with E-state index in [2.05, 4.69) is 5.32 Å². The van der Waals surface area contributed by atoms with Crippen LogP contribution in [0, 0.1) is 0 Å². The fourth-order valence-corrected chi connectivity index (χ4v) is 0.798. The number of allylic oxidation sites excluding steroid dienone is 1. The molecular formula is C5H6ClNO. The number of amides is 1. The van der Waals surface area contributed by atoms with Crippen LogP contribution in [0.25, 0.3) is 0 Å². The standard InChI is InChI=1S/C5H6ClNO/c6-3-4-1-2-5(8)7-4/h3H,1-2H2,(H,7,8)/b4-3-. The molecule has 8 heavy (non-hydrogen) atoms. The van der Waals surface area contributed by atoms with E-state index in [0.717, 1.165) is 12.1 Å². The normalized spacial score (nSPS) is 24.1. The summed E-state index contributed by atoms with van der Waals surface area (Å²) in [6, 6.07) is 0. The van der Waals surface area contributed by atoms with Crippen molar-refractivity contribution in [2.75, 3.05) is 0 Å². The van der Waals surface area contributed by atoms with Crippen molar-refractivity contribution in [2.45, 2.75) is 12.8 Å². The van der Waals surface area contributed by atoms with Gasteiger partial charge in [0.25, 0.3) is 0 Å². The molecule has 0 unspecified atom stereocenters. The van der Waals surface area contributed by atoms with Gasteiger partial charge in [0.2, 0.25) is 5.91 Å².